The molecule has 0 aromatic heterocycles. The molecular weight excluding hydrogens is 559 g/mol. The van der Waals surface area contributed by atoms with Crippen LogP contribution in [-0.4, -0.2) is 72.5 Å². The van der Waals surface area contributed by atoms with Gasteiger partial charge in [-0.3, -0.25) is 14.5 Å². The Morgan fingerprint density at radius 1 is 1.02 bits per heavy atom. The minimum absolute atomic E-state index is 0.0611. The van der Waals surface area contributed by atoms with Crippen molar-refractivity contribution in [3.05, 3.63) is 69.2 Å². The minimum atomic E-state index is -0.725. The zero-order valence-corrected chi connectivity index (χ0v) is 25.0. The van der Waals surface area contributed by atoms with E-state index in [-0.39, 0.29) is 36.7 Å². The number of amides is 2. The number of benzene rings is 2. The van der Waals surface area contributed by atoms with E-state index in [0.717, 1.165) is 50.1 Å². The molecule has 2 fully saturated rings. The summed E-state index contributed by atoms with van der Waals surface area (Å²) in [6.07, 6.45) is 6.37. The smallest absolute Gasteiger partial charge is 0.245 e. The number of nitrogens with zero attached hydrogens (tertiary/aromatic N) is 3. The molecule has 1 heterocycles. The molecule has 0 radical (unpaired) electrons. The number of nitriles is 1. The van der Waals surface area contributed by atoms with Crippen molar-refractivity contribution in [1.82, 2.24) is 20.4 Å². The fourth-order valence-corrected chi connectivity index (χ4v) is 6.56. The van der Waals surface area contributed by atoms with Crippen LogP contribution in [0, 0.1) is 11.3 Å². The fraction of sp³-hybridized carbons (Fsp3) is 0.516. The molecule has 1 aliphatic heterocycles. The van der Waals surface area contributed by atoms with Gasteiger partial charge in [0.25, 0.3) is 0 Å². The molecule has 0 bridgehead atoms. The summed E-state index contributed by atoms with van der Waals surface area (Å²) >= 11 is 12.5. The van der Waals surface area contributed by atoms with E-state index in [4.69, 9.17) is 34.2 Å². The van der Waals surface area contributed by atoms with Gasteiger partial charge in [0.05, 0.1) is 11.6 Å². The van der Waals surface area contributed by atoms with Gasteiger partial charge in [0.2, 0.25) is 11.8 Å². The highest BCUT2D eigenvalue weighted by Gasteiger charge is 2.40. The zero-order chi connectivity index (χ0) is 29.2. The third kappa shape index (κ3) is 8.43. The monoisotopic (exact) mass is 598 g/mol. The molecule has 4 rings (SSSR count). The van der Waals surface area contributed by atoms with E-state index in [1.807, 2.05) is 29.2 Å². The predicted molar refractivity (Wildman–Crippen MR) is 163 cm³/mol. The summed E-state index contributed by atoms with van der Waals surface area (Å²) in [6.45, 7) is 4.64. The summed E-state index contributed by atoms with van der Waals surface area (Å²) in [5.41, 5.74) is 8.23. The Hall–Kier alpha value is -2.67. The van der Waals surface area contributed by atoms with Crippen LogP contribution in [0.5, 0.6) is 0 Å². The van der Waals surface area contributed by atoms with Gasteiger partial charge in [-0.05, 0) is 48.2 Å². The lowest BCUT2D eigenvalue weighted by molar-refractivity contribution is -0.139. The van der Waals surface area contributed by atoms with Gasteiger partial charge in [0.1, 0.15) is 6.04 Å². The Morgan fingerprint density at radius 2 is 1.73 bits per heavy atom. The molecule has 1 saturated heterocycles. The highest BCUT2D eigenvalue weighted by Crippen LogP contribution is 2.34. The third-order valence-corrected chi connectivity index (χ3v) is 8.94. The molecule has 1 atom stereocenters. The third-order valence-electron chi connectivity index (χ3n) is 8.36. The molecular formula is C31H40Cl2N6O2. The van der Waals surface area contributed by atoms with E-state index in [1.165, 1.54) is 19.3 Å². The first-order chi connectivity index (χ1) is 19.8. The lowest BCUT2D eigenvalue weighted by Crippen LogP contribution is -2.63. The Labute approximate surface area is 253 Å². The summed E-state index contributed by atoms with van der Waals surface area (Å²) in [6, 6.07) is 14.4. The Kier molecular flexibility index (Phi) is 11.4. The minimum Gasteiger partial charge on any atom is -0.344 e. The van der Waals surface area contributed by atoms with Gasteiger partial charge in [0, 0.05) is 74.2 Å². The second-order valence-electron chi connectivity index (χ2n) is 11.1. The van der Waals surface area contributed by atoms with E-state index in [1.54, 1.807) is 18.2 Å². The maximum absolute atomic E-state index is 13.7. The number of piperazine rings is 1. The van der Waals surface area contributed by atoms with Crippen molar-refractivity contribution in [1.29, 1.82) is 5.26 Å². The standard InChI is InChI=1S/C31H40Cl2N6O2/c32-26-9-8-25(27(33)19-26)18-28(37-29(40)10-13-34)30(41)38-14-16-39(17-15-38)31(11-2-1-3-12-31)22-36-21-24-6-4-23(20-35)5-7-24/h4-9,19,28,36H,1-3,10-18,21-22,34H2,(H,37,40)/t28-/m1/s1. The molecule has 10 heteroatoms. The molecule has 2 aliphatic rings. The van der Waals surface area contributed by atoms with Gasteiger partial charge >= 0.3 is 0 Å². The number of rotatable bonds is 11. The van der Waals surface area contributed by atoms with Gasteiger partial charge in [0.15, 0.2) is 0 Å². The Balaban J connectivity index is 1.39. The molecule has 2 amide bonds. The average Bonchev–Trinajstić information content (AvgIpc) is 2.99. The van der Waals surface area contributed by atoms with Crippen molar-refractivity contribution in [3.8, 4) is 6.07 Å². The highest BCUT2D eigenvalue weighted by molar-refractivity contribution is 6.35. The van der Waals surface area contributed by atoms with Crippen molar-refractivity contribution in [2.45, 2.75) is 63.1 Å². The van der Waals surface area contributed by atoms with Gasteiger partial charge < -0.3 is 21.3 Å². The van der Waals surface area contributed by atoms with Crippen LogP contribution in [0.2, 0.25) is 10.0 Å². The normalized spacial score (nSPS) is 18.0. The van der Waals surface area contributed by atoms with Crippen LogP contribution in [0.25, 0.3) is 0 Å². The average molecular weight is 600 g/mol. The predicted octanol–water partition coefficient (Wildman–Crippen LogP) is 3.88. The van der Waals surface area contributed by atoms with Crippen LogP contribution in [0.15, 0.2) is 42.5 Å². The van der Waals surface area contributed by atoms with Gasteiger partial charge in [-0.25, -0.2) is 0 Å². The van der Waals surface area contributed by atoms with Gasteiger partial charge in [-0.2, -0.15) is 5.26 Å². The molecule has 0 unspecified atom stereocenters. The van der Waals surface area contributed by atoms with E-state index < -0.39 is 6.04 Å². The lowest BCUT2D eigenvalue weighted by atomic mass is 9.79. The van der Waals surface area contributed by atoms with Crippen molar-refractivity contribution < 1.29 is 9.59 Å². The van der Waals surface area contributed by atoms with Crippen LogP contribution >= 0.6 is 23.2 Å². The Bertz CT molecular complexity index is 1220. The number of carbonyl (C=O) groups excluding carboxylic acids is 2. The number of carbonyl (C=O) groups is 2. The van der Waals surface area contributed by atoms with Crippen LogP contribution < -0.4 is 16.4 Å². The second kappa shape index (κ2) is 15.0. The molecule has 1 saturated carbocycles. The number of halogens is 2. The first-order valence-electron chi connectivity index (χ1n) is 14.5. The molecule has 1 aliphatic carbocycles. The first kappa shape index (κ1) is 31.3. The van der Waals surface area contributed by atoms with Crippen molar-refractivity contribution in [2.75, 3.05) is 39.3 Å². The number of hydrogen-bond donors (Lipinski definition) is 3. The van der Waals surface area contributed by atoms with Crippen LogP contribution in [0.4, 0.5) is 0 Å². The number of hydrogen-bond acceptors (Lipinski definition) is 6. The quantitative estimate of drug-likeness (QED) is 0.361. The van der Waals surface area contributed by atoms with Crippen LogP contribution in [0.3, 0.4) is 0 Å². The van der Waals surface area contributed by atoms with Crippen LogP contribution in [-0.2, 0) is 22.6 Å². The molecule has 0 spiro atoms. The van der Waals surface area contributed by atoms with E-state index in [9.17, 15) is 9.59 Å². The van der Waals surface area contributed by atoms with Gasteiger partial charge in [-0.15, -0.1) is 0 Å². The van der Waals surface area contributed by atoms with E-state index >= 15 is 0 Å². The topological polar surface area (TPSA) is 114 Å². The largest absolute Gasteiger partial charge is 0.344 e. The van der Waals surface area contributed by atoms with E-state index in [0.29, 0.717) is 28.7 Å². The molecule has 220 valence electrons. The van der Waals surface area contributed by atoms with Crippen molar-refractivity contribution >= 4 is 35.0 Å². The summed E-state index contributed by atoms with van der Waals surface area (Å²) in [5, 5.41) is 16.6. The van der Waals surface area contributed by atoms with Crippen molar-refractivity contribution in [3.63, 3.8) is 0 Å². The number of nitrogens with one attached hydrogen (secondary N) is 2. The summed E-state index contributed by atoms with van der Waals surface area (Å²) in [7, 11) is 0. The summed E-state index contributed by atoms with van der Waals surface area (Å²) < 4.78 is 0. The van der Waals surface area contributed by atoms with Crippen LogP contribution in [0.1, 0.15) is 55.2 Å². The summed E-state index contributed by atoms with van der Waals surface area (Å²) in [4.78, 5) is 30.6. The zero-order valence-electron chi connectivity index (χ0n) is 23.5. The maximum atomic E-state index is 13.7. The molecule has 2 aromatic rings. The fourth-order valence-electron chi connectivity index (χ4n) is 6.08. The highest BCUT2D eigenvalue weighted by atomic mass is 35.5. The Morgan fingerprint density at radius 3 is 2.37 bits per heavy atom. The van der Waals surface area contributed by atoms with Crippen molar-refractivity contribution in [2.24, 2.45) is 5.73 Å². The molecule has 41 heavy (non-hydrogen) atoms. The maximum Gasteiger partial charge on any atom is 0.245 e. The molecule has 2 aromatic carbocycles. The van der Waals surface area contributed by atoms with Gasteiger partial charge in [-0.1, -0.05) is 60.7 Å². The lowest BCUT2D eigenvalue weighted by Gasteiger charge is -2.50. The number of nitrogens with two attached hydrogens (primary N) is 1. The first-order valence-corrected chi connectivity index (χ1v) is 15.3. The molecule has 8 nitrogen and oxygen atoms in total. The second-order valence-corrected chi connectivity index (χ2v) is 12.0. The SMILES string of the molecule is N#Cc1ccc(CNCC2(N3CCN(C(=O)[C@@H](Cc4ccc(Cl)cc4Cl)NC(=O)CCN)CC3)CCCCC2)cc1. The van der Waals surface area contributed by atoms with E-state index in [2.05, 4.69) is 21.6 Å². The summed E-state index contributed by atoms with van der Waals surface area (Å²) in [5.74, 6) is -0.346. The molecule has 4 N–H and O–H groups in total.